The fraction of sp³-hybridized carbons (Fsp3) is 0.562. The van der Waals surface area contributed by atoms with Gasteiger partial charge in [0.25, 0.3) is 0 Å². The number of ether oxygens (including phenoxy) is 1. The highest BCUT2D eigenvalue weighted by molar-refractivity contribution is 7.89. The number of methoxy groups -OCH3 is 1. The van der Waals surface area contributed by atoms with E-state index in [1.165, 1.54) is 14.2 Å². The van der Waals surface area contributed by atoms with Gasteiger partial charge in [0, 0.05) is 13.6 Å². The lowest BCUT2D eigenvalue weighted by atomic mass is 10.1. The summed E-state index contributed by atoms with van der Waals surface area (Å²) in [4.78, 5) is 12.0. The van der Waals surface area contributed by atoms with Crippen molar-refractivity contribution in [3.8, 4) is 5.75 Å². The van der Waals surface area contributed by atoms with Crippen molar-refractivity contribution in [2.45, 2.75) is 32.1 Å². The summed E-state index contributed by atoms with van der Waals surface area (Å²) in [7, 11) is -0.986. The summed E-state index contributed by atoms with van der Waals surface area (Å²) in [5, 5.41) is 2.73. The summed E-state index contributed by atoms with van der Waals surface area (Å²) >= 11 is 0. The SMILES string of the molecule is COc1ccc(C)cc1S(=O)(=O)N(C)CC(=O)NCCC(C)C. The Kier molecular flexibility index (Phi) is 7.02. The molecule has 23 heavy (non-hydrogen) atoms. The van der Waals surface area contributed by atoms with Gasteiger partial charge >= 0.3 is 0 Å². The number of sulfonamides is 1. The van der Waals surface area contributed by atoms with Crippen LogP contribution in [0, 0.1) is 12.8 Å². The lowest BCUT2D eigenvalue weighted by Crippen LogP contribution is -2.39. The molecule has 0 bridgehead atoms. The molecule has 0 aromatic heterocycles. The zero-order valence-corrected chi connectivity index (χ0v) is 15.2. The van der Waals surface area contributed by atoms with Gasteiger partial charge in [-0.25, -0.2) is 8.42 Å². The fourth-order valence-corrected chi connectivity index (χ4v) is 3.36. The molecule has 1 rings (SSSR count). The maximum absolute atomic E-state index is 12.6. The normalized spacial score (nSPS) is 11.8. The molecule has 0 saturated carbocycles. The minimum atomic E-state index is -3.79. The average Bonchev–Trinajstić information content (AvgIpc) is 2.46. The second-order valence-electron chi connectivity index (χ2n) is 5.95. The molecule has 0 saturated heterocycles. The first kappa shape index (κ1) is 19.4. The molecule has 0 spiro atoms. The number of rotatable bonds is 8. The molecule has 1 N–H and O–H groups in total. The van der Waals surface area contributed by atoms with Crippen LogP contribution in [0.1, 0.15) is 25.8 Å². The van der Waals surface area contributed by atoms with Crippen LogP contribution in [0.2, 0.25) is 0 Å². The summed E-state index contributed by atoms with van der Waals surface area (Å²) in [5.41, 5.74) is 0.805. The number of aryl methyl sites for hydroxylation is 1. The molecule has 0 aliphatic rings. The van der Waals surface area contributed by atoms with Crippen molar-refractivity contribution in [3.63, 3.8) is 0 Å². The van der Waals surface area contributed by atoms with Crippen LogP contribution in [0.15, 0.2) is 23.1 Å². The molecule has 0 radical (unpaired) electrons. The summed E-state index contributed by atoms with van der Waals surface area (Å²) in [5.74, 6) is 0.430. The lowest BCUT2D eigenvalue weighted by Gasteiger charge is -2.19. The summed E-state index contributed by atoms with van der Waals surface area (Å²) < 4.78 is 31.5. The van der Waals surface area contributed by atoms with Crippen molar-refractivity contribution in [2.24, 2.45) is 5.92 Å². The van der Waals surface area contributed by atoms with E-state index in [1.54, 1.807) is 25.1 Å². The van der Waals surface area contributed by atoms with E-state index < -0.39 is 10.0 Å². The Morgan fingerprint density at radius 3 is 2.57 bits per heavy atom. The molecule has 1 aromatic rings. The maximum Gasteiger partial charge on any atom is 0.246 e. The van der Waals surface area contributed by atoms with E-state index in [-0.39, 0.29) is 23.1 Å². The second kappa shape index (κ2) is 8.31. The topological polar surface area (TPSA) is 75.7 Å². The van der Waals surface area contributed by atoms with Crippen LogP contribution in [0.5, 0.6) is 5.75 Å². The van der Waals surface area contributed by atoms with Crippen molar-refractivity contribution >= 4 is 15.9 Å². The van der Waals surface area contributed by atoms with Gasteiger partial charge in [-0.3, -0.25) is 4.79 Å². The van der Waals surface area contributed by atoms with Gasteiger partial charge in [-0.2, -0.15) is 4.31 Å². The molecular weight excluding hydrogens is 316 g/mol. The first-order valence-electron chi connectivity index (χ1n) is 7.56. The molecule has 0 unspecified atom stereocenters. The van der Waals surface area contributed by atoms with Crippen LogP contribution in [0.4, 0.5) is 0 Å². The first-order chi connectivity index (χ1) is 10.7. The van der Waals surface area contributed by atoms with Crippen LogP contribution < -0.4 is 10.1 Å². The third-order valence-electron chi connectivity index (χ3n) is 3.42. The molecule has 0 aliphatic carbocycles. The van der Waals surface area contributed by atoms with Gasteiger partial charge < -0.3 is 10.1 Å². The average molecular weight is 342 g/mol. The van der Waals surface area contributed by atoms with Crippen molar-refractivity contribution in [1.82, 2.24) is 9.62 Å². The Morgan fingerprint density at radius 1 is 1.35 bits per heavy atom. The van der Waals surface area contributed by atoms with Crippen molar-refractivity contribution in [2.75, 3.05) is 27.2 Å². The van der Waals surface area contributed by atoms with Gasteiger partial charge in [-0.05, 0) is 37.0 Å². The molecule has 1 amide bonds. The number of benzene rings is 1. The van der Waals surface area contributed by atoms with Crippen molar-refractivity contribution in [3.05, 3.63) is 23.8 Å². The van der Waals surface area contributed by atoms with Gasteiger partial charge in [0.2, 0.25) is 15.9 Å². The summed E-state index contributed by atoms with van der Waals surface area (Å²) in [6, 6.07) is 4.93. The standard InChI is InChI=1S/C16H26N2O4S/c1-12(2)8-9-17-16(19)11-18(4)23(20,21)15-10-13(3)6-7-14(15)22-5/h6-7,10,12H,8-9,11H2,1-5H3,(H,17,19). The number of carbonyl (C=O) groups excluding carboxylic acids is 1. The van der Waals surface area contributed by atoms with Crippen LogP contribution in [-0.2, 0) is 14.8 Å². The molecule has 0 atom stereocenters. The molecule has 7 heteroatoms. The first-order valence-corrected chi connectivity index (χ1v) is 9.00. The molecule has 0 fully saturated rings. The molecular formula is C16H26N2O4S. The number of likely N-dealkylation sites (N-methyl/N-ethyl adjacent to an activating group) is 1. The van der Waals surface area contributed by atoms with Gasteiger partial charge in [0.05, 0.1) is 13.7 Å². The molecule has 0 aliphatic heterocycles. The van der Waals surface area contributed by atoms with Crippen LogP contribution >= 0.6 is 0 Å². The van der Waals surface area contributed by atoms with Crippen LogP contribution in [0.25, 0.3) is 0 Å². The van der Waals surface area contributed by atoms with E-state index in [0.29, 0.717) is 12.5 Å². The number of nitrogens with zero attached hydrogens (tertiary/aromatic N) is 1. The summed E-state index contributed by atoms with van der Waals surface area (Å²) in [6.07, 6.45) is 0.855. The van der Waals surface area contributed by atoms with E-state index in [1.807, 2.05) is 0 Å². The Balaban J connectivity index is 2.84. The quantitative estimate of drug-likeness (QED) is 0.781. The maximum atomic E-state index is 12.6. The van der Waals surface area contributed by atoms with E-state index in [0.717, 1.165) is 16.3 Å². The van der Waals surface area contributed by atoms with Gasteiger partial charge in [0.15, 0.2) is 0 Å². The van der Waals surface area contributed by atoms with Crippen LogP contribution in [-0.4, -0.2) is 45.9 Å². The molecule has 130 valence electrons. The van der Waals surface area contributed by atoms with E-state index in [2.05, 4.69) is 19.2 Å². The predicted molar refractivity (Wildman–Crippen MR) is 90.0 cm³/mol. The zero-order chi connectivity index (χ0) is 17.6. The van der Waals surface area contributed by atoms with Gasteiger partial charge in [-0.1, -0.05) is 19.9 Å². The van der Waals surface area contributed by atoms with Crippen molar-refractivity contribution in [1.29, 1.82) is 0 Å². The monoisotopic (exact) mass is 342 g/mol. The molecule has 6 nitrogen and oxygen atoms in total. The second-order valence-corrected chi connectivity index (χ2v) is 7.96. The largest absolute Gasteiger partial charge is 0.495 e. The highest BCUT2D eigenvalue weighted by Crippen LogP contribution is 2.26. The minimum absolute atomic E-state index is 0.0671. The Morgan fingerprint density at radius 2 is 2.00 bits per heavy atom. The fourth-order valence-electron chi connectivity index (χ4n) is 2.00. The third-order valence-corrected chi connectivity index (χ3v) is 5.24. The number of hydrogen-bond acceptors (Lipinski definition) is 4. The van der Waals surface area contributed by atoms with Crippen molar-refractivity contribution < 1.29 is 17.9 Å². The Labute approximate surface area is 138 Å². The highest BCUT2D eigenvalue weighted by Gasteiger charge is 2.26. The third kappa shape index (κ3) is 5.51. The molecule has 1 aromatic carbocycles. The smallest absolute Gasteiger partial charge is 0.246 e. The lowest BCUT2D eigenvalue weighted by molar-refractivity contribution is -0.121. The van der Waals surface area contributed by atoms with Gasteiger partial charge in [-0.15, -0.1) is 0 Å². The number of carbonyl (C=O) groups is 1. The number of nitrogens with one attached hydrogen (secondary N) is 1. The zero-order valence-electron chi connectivity index (χ0n) is 14.4. The minimum Gasteiger partial charge on any atom is -0.495 e. The summed E-state index contributed by atoms with van der Waals surface area (Å²) in [6.45, 7) is 6.24. The molecule has 0 heterocycles. The van der Waals surface area contributed by atoms with E-state index in [4.69, 9.17) is 4.74 Å². The number of hydrogen-bond donors (Lipinski definition) is 1. The predicted octanol–water partition coefficient (Wildman–Crippen LogP) is 1.79. The number of amides is 1. The Hall–Kier alpha value is -1.60. The van der Waals surface area contributed by atoms with E-state index >= 15 is 0 Å². The highest BCUT2D eigenvalue weighted by atomic mass is 32.2. The van der Waals surface area contributed by atoms with E-state index in [9.17, 15) is 13.2 Å². The van der Waals surface area contributed by atoms with Crippen LogP contribution in [0.3, 0.4) is 0 Å². The Bertz CT molecular complexity index is 641. The van der Waals surface area contributed by atoms with Gasteiger partial charge in [0.1, 0.15) is 10.6 Å².